The van der Waals surface area contributed by atoms with E-state index in [0.717, 1.165) is 21.8 Å². The number of benzene rings is 2. The van der Waals surface area contributed by atoms with Crippen LogP contribution in [0.4, 0.5) is 0 Å². The summed E-state index contributed by atoms with van der Waals surface area (Å²) in [5.74, 6) is 0.618. The molecule has 4 rings (SSSR count). The Kier molecular flexibility index (Phi) is 4.72. The van der Waals surface area contributed by atoms with Crippen LogP contribution in [-0.2, 0) is 19.5 Å². The molecule has 0 spiro atoms. The van der Waals surface area contributed by atoms with Gasteiger partial charge in [-0.25, -0.2) is 4.79 Å². The van der Waals surface area contributed by atoms with Crippen LogP contribution in [-0.4, -0.2) is 27.0 Å². The fourth-order valence-corrected chi connectivity index (χ4v) is 3.68. The van der Waals surface area contributed by atoms with Crippen molar-refractivity contribution in [2.45, 2.75) is 32.0 Å². The normalized spacial score (nSPS) is 13.9. The van der Waals surface area contributed by atoms with E-state index in [1.807, 2.05) is 42.5 Å². The third-order valence-electron chi connectivity index (χ3n) is 5.02. The van der Waals surface area contributed by atoms with Gasteiger partial charge in [-0.15, -0.1) is 0 Å². The van der Waals surface area contributed by atoms with Crippen molar-refractivity contribution in [3.63, 3.8) is 0 Å². The van der Waals surface area contributed by atoms with E-state index in [2.05, 4.69) is 0 Å². The summed E-state index contributed by atoms with van der Waals surface area (Å²) in [4.78, 5) is 25.1. The molecule has 1 aromatic heterocycles. The number of ether oxygens (including phenoxy) is 1. The molecular weight excluding hydrogens is 358 g/mol. The fourth-order valence-electron chi connectivity index (χ4n) is 3.68. The average Bonchev–Trinajstić information content (AvgIpc) is 3.19. The molecule has 0 saturated heterocycles. The molecular formula is C21H19N3O4. The Labute approximate surface area is 160 Å². The molecule has 7 nitrogen and oxygen atoms in total. The number of rotatable bonds is 5. The summed E-state index contributed by atoms with van der Waals surface area (Å²) >= 11 is 0. The van der Waals surface area contributed by atoms with Crippen LogP contribution in [0.3, 0.4) is 0 Å². The van der Waals surface area contributed by atoms with Gasteiger partial charge in [-0.1, -0.05) is 36.4 Å². The average molecular weight is 377 g/mol. The molecule has 142 valence electrons. The van der Waals surface area contributed by atoms with E-state index < -0.39 is 17.4 Å². The molecule has 0 fully saturated rings. The smallest absolute Gasteiger partial charge is 0.331 e. The number of hydrogen-bond donors (Lipinski definition) is 1. The highest BCUT2D eigenvalue weighted by molar-refractivity contribution is 5.88. The lowest BCUT2D eigenvalue weighted by Gasteiger charge is -2.16. The zero-order chi connectivity index (χ0) is 19.7. The maximum absolute atomic E-state index is 12.6. The van der Waals surface area contributed by atoms with Gasteiger partial charge in [0.2, 0.25) is 0 Å². The number of aliphatic hydroxyl groups excluding tert-OH is 1. The van der Waals surface area contributed by atoms with E-state index >= 15 is 0 Å². The zero-order valence-corrected chi connectivity index (χ0v) is 15.2. The first kappa shape index (κ1) is 18.0. The highest BCUT2D eigenvalue weighted by atomic mass is 16.5. The van der Waals surface area contributed by atoms with Crippen molar-refractivity contribution in [2.75, 3.05) is 6.61 Å². The predicted molar refractivity (Wildman–Crippen MR) is 103 cm³/mol. The van der Waals surface area contributed by atoms with Crippen LogP contribution in [0.5, 0.6) is 5.75 Å². The van der Waals surface area contributed by atoms with Gasteiger partial charge in [0.15, 0.2) is 0 Å². The number of fused-ring (bicyclic) bond motifs is 2. The quantitative estimate of drug-likeness (QED) is 0.725. The Morgan fingerprint density at radius 1 is 1.18 bits per heavy atom. The number of aromatic nitrogens is 2. The lowest BCUT2D eigenvalue weighted by atomic mass is 10.1. The predicted octanol–water partition coefficient (Wildman–Crippen LogP) is 1.42. The van der Waals surface area contributed by atoms with Crippen LogP contribution < -0.4 is 16.0 Å². The maximum atomic E-state index is 12.6. The van der Waals surface area contributed by atoms with Crippen LogP contribution in [0.2, 0.25) is 0 Å². The van der Waals surface area contributed by atoms with Crippen molar-refractivity contribution in [1.29, 1.82) is 5.26 Å². The van der Waals surface area contributed by atoms with Crippen molar-refractivity contribution < 1.29 is 9.84 Å². The molecule has 0 bridgehead atoms. The molecule has 1 atom stereocenters. The molecule has 1 aliphatic heterocycles. The minimum atomic E-state index is -1.07. The third-order valence-corrected chi connectivity index (χ3v) is 5.02. The number of aliphatic hydroxyl groups is 1. The highest BCUT2D eigenvalue weighted by Crippen LogP contribution is 2.25. The first-order valence-electron chi connectivity index (χ1n) is 9.15. The summed E-state index contributed by atoms with van der Waals surface area (Å²) in [5, 5.41) is 21.6. The van der Waals surface area contributed by atoms with Crippen molar-refractivity contribution in [3.8, 4) is 11.8 Å². The van der Waals surface area contributed by atoms with Gasteiger partial charge in [0.05, 0.1) is 6.54 Å². The van der Waals surface area contributed by atoms with E-state index in [4.69, 9.17) is 4.74 Å². The van der Waals surface area contributed by atoms with E-state index in [9.17, 15) is 20.0 Å². The maximum Gasteiger partial charge on any atom is 0.331 e. The summed E-state index contributed by atoms with van der Waals surface area (Å²) in [6, 6.07) is 15.3. The first-order valence-corrected chi connectivity index (χ1v) is 9.15. The minimum absolute atomic E-state index is 0.0146. The summed E-state index contributed by atoms with van der Waals surface area (Å²) in [6.07, 6.45) is 0.192. The van der Waals surface area contributed by atoms with Gasteiger partial charge in [-0.3, -0.25) is 13.9 Å². The lowest BCUT2D eigenvalue weighted by Crippen LogP contribution is -2.44. The Morgan fingerprint density at radius 2 is 1.96 bits per heavy atom. The standard InChI is InChI=1S/C21H19N3O4/c22-11-17-18-8-4-10-23(18)21(27)24(20(17)26)12-15(25)13-28-19-9-3-6-14-5-1-2-7-16(14)19/h1-3,5-7,9,15,25H,4,8,10,12-13H2. The molecule has 2 heterocycles. The second kappa shape index (κ2) is 7.33. The van der Waals surface area contributed by atoms with Crippen LogP contribution in [0.25, 0.3) is 10.8 Å². The largest absolute Gasteiger partial charge is 0.490 e. The molecule has 2 aromatic carbocycles. The van der Waals surface area contributed by atoms with E-state index in [1.165, 1.54) is 4.57 Å². The lowest BCUT2D eigenvalue weighted by molar-refractivity contribution is 0.0907. The molecule has 28 heavy (non-hydrogen) atoms. The van der Waals surface area contributed by atoms with Gasteiger partial charge in [0, 0.05) is 17.6 Å². The van der Waals surface area contributed by atoms with E-state index in [0.29, 0.717) is 24.4 Å². The summed E-state index contributed by atoms with van der Waals surface area (Å²) in [7, 11) is 0. The summed E-state index contributed by atoms with van der Waals surface area (Å²) in [5.41, 5.74) is -0.653. The number of hydrogen-bond acceptors (Lipinski definition) is 5. The number of nitrogens with zero attached hydrogens (tertiary/aromatic N) is 3. The van der Waals surface area contributed by atoms with Crippen molar-refractivity contribution in [3.05, 3.63) is 74.6 Å². The molecule has 0 saturated carbocycles. The van der Waals surface area contributed by atoms with Gasteiger partial charge in [0.25, 0.3) is 5.56 Å². The van der Waals surface area contributed by atoms with Gasteiger partial charge < -0.3 is 9.84 Å². The molecule has 3 aromatic rings. The molecule has 1 N–H and O–H groups in total. The monoisotopic (exact) mass is 377 g/mol. The second-order valence-electron chi connectivity index (χ2n) is 6.83. The van der Waals surface area contributed by atoms with Crippen molar-refractivity contribution in [1.82, 2.24) is 9.13 Å². The summed E-state index contributed by atoms with van der Waals surface area (Å²) in [6.45, 7) is 0.173. The van der Waals surface area contributed by atoms with Crippen molar-refractivity contribution in [2.24, 2.45) is 0 Å². The van der Waals surface area contributed by atoms with Gasteiger partial charge >= 0.3 is 5.69 Å². The Morgan fingerprint density at radius 3 is 2.79 bits per heavy atom. The SMILES string of the molecule is N#Cc1c2n(c(=O)n(CC(O)COc3cccc4ccccc34)c1=O)CCC2. The van der Waals surface area contributed by atoms with Crippen LogP contribution in [0.1, 0.15) is 17.7 Å². The van der Waals surface area contributed by atoms with Crippen molar-refractivity contribution >= 4 is 10.8 Å². The highest BCUT2D eigenvalue weighted by Gasteiger charge is 2.23. The fraction of sp³-hybridized carbons (Fsp3) is 0.286. The topological polar surface area (TPSA) is 97.2 Å². The molecule has 0 amide bonds. The second-order valence-corrected chi connectivity index (χ2v) is 6.83. The number of nitriles is 1. The molecule has 1 unspecified atom stereocenters. The molecule has 1 aliphatic rings. The van der Waals surface area contributed by atoms with E-state index in [1.54, 1.807) is 6.07 Å². The van der Waals surface area contributed by atoms with Gasteiger partial charge in [-0.2, -0.15) is 5.26 Å². The zero-order valence-electron chi connectivity index (χ0n) is 15.2. The molecule has 0 aliphatic carbocycles. The molecule has 0 radical (unpaired) electrons. The van der Waals surface area contributed by atoms with Gasteiger partial charge in [-0.05, 0) is 24.3 Å². The van der Waals surface area contributed by atoms with Crippen LogP contribution >= 0.6 is 0 Å². The summed E-state index contributed by atoms with van der Waals surface area (Å²) < 4.78 is 8.13. The Bertz CT molecular complexity index is 1200. The third kappa shape index (κ3) is 3.08. The van der Waals surface area contributed by atoms with E-state index in [-0.39, 0.29) is 18.7 Å². The Balaban J connectivity index is 1.56. The first-order chi connectivity index (χ1) is 13.6. The molecule has 7 heteroatoms. The van der Waals surface area contributed by atoms with Crippen LogP contribution in [0, 0.1) is 11.3 Å². The van der Waals surface area contributed by atoms with Gasteiger partial charge in [0.1, 0.15) is 30.1 Å². The Hall–Kier alpha value is -3.37. The minimum Gasteiger partial charge on any atom is -0.490 e. The van der Waals surface area contributed by atoms with Crippen LogP contribution in [0.15, 0.2) is 52.1 Å².